The van der Waals surface area contributed by atoms with Crippen molar-refractivity contribution in [3.05, 3.63) is 23.3 Å². The lowest BCUT2D eigenvalue weighted by Gasteiger charge is -2.35. The summed E-state index contributed by atoms with van der Waals surface area (Å²) in [5, 5.41) is -0.243. The summed E-state index contributed by atoms with van der Waals surface area (Å²) in [6, 6.07) is 3.46. The second-order valence-corrected chi connectivity index (χ2v) is 10.6. The average molecular weight is 296 g/mol. The predicted molar refractivity (Wildman–Crippen MR) is 82.4 cm³/mol. The SMILES string of the molecule is COc1cc(C=O)cc(CC(C)(C)[Si](C)(C)O)c1OC. The highest BCUT2D eigenvalue weighted by atomic mass is 28.4. The molecular weight excluding hydrogens is 272 g/mol. The average Bonchev–Trinajstić information content (AvgIpc) is 2.35. The molecule has 0 spiro atoms. The summed E-state index contributed by atoms with van der Waals surface area (Å²) in [4.78, 5) is 21.5. The lowest BCUT2D eigenvalue weighted by molar-refractivity contribution is 0.112. The highest BCUT2D eigenvalue weighted by molar-refractivity contribution is 6.72. The zero-order valence-corrected chi connectivity index (χ0v) is 14.1. The molecule has 0 unspecified atom stereocenters. The molecule has 0 amide bonds. The minimum Gasteiger partial charge on any atom is -0.493 e. The van der Waals surface area contributed by atoms with Gasteiger partial charge in [0.25, 0.3) is 0 Å². The Morgan fingerprint density at radius 1 is 1.25 bits per heavy atom. The Bertz CT molecular complexity index is 489. The van der Waals surface area contributed by atoms with Gasteiger partial charge in [-0.15, -0.1) is 0 Å². The van der Waals surface area contributed by atoms with Crippen molar-refractivity contribution < 1.29 is 19.1 Å². The molecule has 112 valence electrons. The molecule has 1 rings (SSSR count). The summed E-state index contributed by atoms with van der Waals surface area (Å²) in [6.45, 7) is 7.91. The maximum atomic E-state index is 11.1. The largest absolute Gasteiger partial charge is 0.493 e. The van der Waals surface area contributed by atoms with Gasteiger partial charge in [0.05, 0.1) is 14.2 Å². The zero-order chi connectivity index (χ0) is 15.6. The lowest BCUT2D eigenvalue weighted by Crippen LogP contribution is -2.40. The van der Waals surface area contributed by atoms with E-state index in [9.17, 15) is 9.59 Å². The van der Waals surface area contributed by atoms with Gasteiger partial charge in [-0.3, -0.25) is 4.79 Å². The monoisotopic (exact) mass is 296 g/mol. The van der Waals surface area contributed by atoms with E-state index in [1.165, 1.54) is 0 Å². The van der Waals surface area contributed by atoms with E-state index >= 15 is 0 Å². The normalized spacial score (nSPS) is 12.2. The lowest BCUT2D eigenvalue weighted by atomic mass is 9.98. The zero-order valence-electron chi connectivity index (χ0n) is 13.1. The number of carbonyl (C=O) groups excluding carboxylic acids is 1. The third kappa shape index (κ3) is 3.40. The summed E-state index contributed by atoms with van der Waals surface area (Å²) in [6.07, 6.45) is 1.42. The van der Waals surface area contributed by atoms with E-state index < -0.39 is 8.32 Å². The van der Waals surface area contributed by atoms with E-state index in [1.807, 2.05) is 26.9 Å². The van der Waals surface area contributed by atoms with Gasteiger partial charge in [-0.1, -0.05) is 13.8 Å². The van der Waals surface area contributed by atoms with Crippen molar-refractivity contribution in [3.63, 3.8) is 0 Å². The Morgan fingerprint density at radius 3 is 2.25 bits per heavy atom. The van der Waals surface area contributed by atoms with Gasteiger partial charge in [0.15, 0.2) is 19.8 Å². The maximum Gasteiger partial charge on any atom is 0.188 e. The molecule has 0 aliphatic rings. The van der Waals surface area contributed by atoms with Crippen LogP contribution in [0.1, 0.15) is 29.8 Å². The summed E-state index contributed by atoms with van der Waals surface area (Å²) in [5.74, 6) is 1.17. The van der Waals surface area contributed by atoms with Crippen molar-refractivity contribution >= 4 is 14.6 Å². The molecule has 0 radical (unpaired) electrons. The Balaban J connectivity index is 3.33. The van der Waals surface area contributed by atoms with Crippen LogP contribution in [0.3, 0.4) is 0 Å². The van der Waals surface area contributed by atoms with Crippen LogP contribution in [-0.2, 0) is 6.42 Å². The number of hydrogen-bond donors (Lipinski definition) is 1. The first kappa shape index (κ1) is 16.7. The molecule has 0 bridgehead atoms. The van der Waals surface area contributed by atoms with Crippen LogP contribution in [0, 0.1) is 0 Å². The molecule has 5 heteroatoms. The highest BCUT2D eigenvalue weighted by Crippen LogP contribution is 2.43. The predicted octanol–water partition coefficient (Wildman–Crippen LogP) is 3.04. The Hall–Kier alpha value is -1.33. The molecule has 0 aliphatic carbocycles. The molecule has 0 fully saturated rings. The summed E-state index contributed by atoms with van der Waals surface area (Å²) < 4.78 is 10.7. The Morgan fingerprint density at radius 2 is 1.85 bits per heavy atom. The van der Waals surface area contributed by atoms with Gasteiger partial charge in [-0.05, 0) is 42.2 Å². The topological polar surface area (TPSA) is 55.8 Å². The van der Waals surface area contributed by atoms with E-state index in [-0.39, 0.29) is 5.04 Å². The first-order valence-electron chi connectivity index (χ1n) is 6.58. The van der Waals surface area contributed by atoms with Gasteiger partial charge in [-0.2, -0.15) is 0 Å². The second-order valence-electron chi connectivity index (χ2n) is 6.15. The standard InChI is InChI=1S/C15H24O4Si/c1-15(2,20(5,6)17)9-12-7-11(10-16)8-13(18-3)14(12)19-4/h7-8,10,17H,9H2,1-6H3. The van der Waals surface area contributed by atoms with Crippen molar-refractivity contribution in [1.29, 1.82) is 0 Å². The quantitative estimate of drug-likeness (QED) is 0.647. The molecule has 0 saturated carbocycles. The smallest absolute Gasteiger partial charge is 0.188 e. The molecule has 0 saturated heterocycles. The summed E-state index contributed by atoms with van der Waals surface area (Å²) >= 11 is 0. The number of rotatable bonds is 6. The molecular formula is C15H24O4Si. The molecule has 0 heterocycles. The second kappa shape index (κ2) is 5.97. The summed E-state index contributed by atoms with van der Waals surface area (Å²) in [5.41, 5.74) is 1.43. The van der Waals surface area contributed by atoms with Crippen LogP contribution in [0.15, 0.2) is 12.1 Å². The van der Waals surface area contributed by atoms with E-state index in [0.29, 0.717) is 23.5 Å². The third-order valence-electron chi connectivity index (χ3n) is 4.00. The van der Waals surface area contributed by atoms with Crippen LogP contribution < -0.4 is 9.47 Å². The Labute approximate surface area is 121 Å². The van der Waals surface area contributed by atoms with E-state index in [4.69, 9.17) is 9.47 Å². The molecule has 4 nitrogen and oxygen atoms in total. The number of hydrogen-bond acceptors (Lipinski definition) is 4. The first-order valence-corrected chi connectivity index (χ1v) is 9.53. The highest BCUT2D eigenvalue weighted by Gasteiger charge is 2.38. The van der Waals surface area contributed by atoms with Gasteiger partial charge < -0.3 is 14.3 Å². The summed E-state index contributed by atoms with van der Waals surface area (Å²) in [7, 11) is 0.784. The molecule has 20 heavy (non-hydrogen) atoms. The van der Waals surface area contributed by atoms with Crippen LogP contribution in [0.5, 0.6) is 11.5 Å². The fourth-order valence-corrected chi connectivity index (χ4v) is 2.58. The van der Waals surface area contributed by atoms with Crippen LogP contribution in [-0.4, -0.2) is 33.6 Å². The van der Waals surface area contributed by atoms with Crippen molar-refractivity contribution in [1.82, 2.24) is 0 Å². The number of benzene rings is 1. The molecule has 0 aromatic heterocycles. The van der Waals surface area contributed by atoms with Gasteiger partial charge >= 0.3 is 0 Å². The van der Waals surface area contributed by atoms with Gasteiger partial charge in [-0.25, -0.2) is 0 Å². The maximum absolute atomic E-state index is 11.1. The van der Waals surface area contributed by atoms with Crippen LogP contribution in [0.2, 0.25) is 18.1 Å². The van der Waals surface area contributed by atoms with Crippen molar-refractivity contribution in [2.24, 2.45) is 0 Å². The van der Waals surface area contributed by atoms with Crippen LogP contribution in [0.4, 0.5) is 0 Å². The molecule has 0 aliphatic heterocycles. The molecule has 1 N–H and O–H groups in total. The Kier molecular flexibility index (Phi) is 4.99. The van der Waals surface area contributed by atoms with Crippen LogP contribution >= 0.6 is 0 Å². The van der Waals surface area contributed by atoms with Gasteiger partial charge in [0, 0.05) is 5.56 Å². The number of ether oxygens (including phenoxy) is 2. The van der Waals surface area contributed by atoms with E-state index in [2.05, 4.69) is 0 Å². The van der Waals surface area contributed by atoms with Crippen LogP contribution in [0.25, 0.3) is 0 Å². The number of methoxy groups -OCH3 is 2. The number of aldehydes is 1. The number of carbonyl (C=O) groups is 1. The van der Waals surface area contributed by atoms with Crippen molar-refractivity contribution in [2.45, 2.75) is 38.4 Å². The minimum atomic E-state index is -2.34. The van der Waals surface area contributed by atoms with Crippen molar-refractivity contribution in [2.75, 3.05) is 14.2 Å². The fourth-order valence-electron chi connectivity index (χ4n) is 1.96. The minimum absolute atomic E-state index is 0.243. The molecule has 0 atom stereocenters. The van der Waals surface area contributed by atoms with Gasteiger partial charge in [0.2, 0.25) is 0 Å². The molecule has 1 aromatic rings. The fraction of sp³-hybridized carbons (Fsp3) is 0.533. The molecule has 1 aromatic carbocycles. The van der Waals surface area contributed by atoms with E-state index in [1.54, 1.807) is 26.4 Å². The van der Waals surface area contributed by atoms with Crippen molar-refractivity contribution in [3.8, 4) is 11.5 Å². The first-order chi connectivity index (χ1) is 9.16. The van der Waals surface area contributed by atoms with E-state index in [0.717, 1.165) is 11.8 Å². The van der Waals surface area contributed by atoms with Gasteiger partial charge in [0.1, 0.15) is 6.29 Å². The third-order valence-corrected chi connectivity index (χ3v) is 7.49.